The Balaban J connectivity index is 2.13. The lowest BCUT2D eigenvalue weighted by molar-refractivity contribution is -0.146. The van der Waals surface area contributed by atoms with E-state index >= 15 is 0 Å². The first-order chi connectivity index (χ1) is 11.0. The van der Waals surface area contributed by atoms with E-state index in [0.717, 1.165) is 31.5 Å². The van der Waals surface area contributed by atoms with Gasteiger partial charge in [-0.3, -0.25) is 19.5 Å². The summed E-state index contributed by atoms with van der Waals surface area (Å²) >= 11 is 0. The van der Waals surface area contributed by atoms with Crippen molar-refractivity contribution in [3.05, 3.63) is 29.6 Å². The molecule has 1 aliphatic heterocycles. The molecule has 0 aliphatic carbocycles. The van der Waals surface area contributed by atoms with Crippen LogP contribution in [0.4, 0.5) is 0 Å². The summed E-state index contributed by atoms with van der Waals surface area (Å²) in [7, 11) is 1.43. The van der Waals surface area contributed by atoms with Gasteiger partial charge in [0.2, 0.25) is 5.91 Å². The first-order valence-corrected chi connectivity index (χ1v) is 7.96. The van der Waals surface area contributed by atoms with Crippen molar-refractivity contribution in [3.63, 3.8) is 0 Å². The van der Waals surface area contributed by atoms with Gasteiger partial charge in [-0.2, -0.15) is 0 Å². The van der Waals surface area contributed by atoms with Crippen molar-refractivity contribution in [2.45, 2.75) is 39.3 Å². The topological polar surface area (TPSA) is 71.5 Å². The van der Waals surface area contributed by atoms with Crippen molar-refractivity contribution < 1.29 is 14.3 Å². The van der Waals surface area contributed by atoms with Gasteiger partial charge in [-0.15, -0.1) is 0 Å². The third-order valence-electron chi connectivity index (χ3n) is 4.29. The number of rotatable bonds is 4. The third kappa shape index (κ3) is 5.03. The molecule has 6 heteroatoms. The van der Waals surface area contributed by atoms with E-state index in [9.17, 15) is 9.59 Å². The first-order valence-electron chi connectivity index (χ1n) is 7.96. The number of hydrogen-bond donors (Lipinski definition) is 1. The van der Waals surface area contributed by atoms with Crippen molar-refractivity contribution in [1.29, 1.82) is 0 Å². The van der Waals surface area contributed by atoms with Gasteiger partial charge in [-0.25, -0.2) is 0 Å². The number of ether oxygens (including phenoxy) is 1. The molecule has 0 unspecified atom stereocenters. The number of aromatic nitrogens is 1. The second kappa shape index (κ2) is 8.06. The number of nitrogens with one attached hydrogen (secondary N) is 1. The summed E-state index contributed by atoms with van der Waals surface area (Å²) in [5, 5.41) is 2.98. The number of carbonyl (C=O) groups excluding carboxylic acids is 2. The Morgan fingerprint density at radius 1 is 1.39 bits per heavy atom. The van der Waals surface area contributed by atoms with E-state index in [2.05, 4.69) is 15.2 Å². The molecule has 0 bridgehead atoms. The van der Waals surface area contributed by atoms with Crippen molar-refractivity contribution in [2.24, 2.45) is 5.92 Å². The van der Waals surface area contributed by atoms with E-state index in [1.807, 2.05) is 19.2 Å². The van der Waals surface area contributed by atoms with Crippen LogP contribution >= 0.6 is 0 Å². The number of amides is 1. The molecular weight excluding hydrogens is 294 g/mol. The molecule has 6 nitrogen and oxygen atoms in total. The fourth-order valence-electron chi connectivity index (χ4n) is 3.10. The lowest BCUT2D eigenvalue weighted by Gasteiger charge is -2.26. The van der Waals surface area contributed by atoms with Crippen LogP contribution in [0, 0.1) is 12.8 Å². The summed E-state index contributed by atoms with van der Waals surface area (Å²) in [5.41, 5.74) is 2.31. The molecule has 1 amide bonds. The van der Waals surface area contributed by atoms with Crippen LogP contribution < -0.4 is 5.32 Å². The Hall–Kier alpha value is -1.95. The predicted molar refractivity (Wildman–Crippen MR) is 86.6 cm³/mol. The summed E-state index contributed by atoms with van der Waals surface area (Å²) in [6.07, 6.45) is 5.13. The Labute approximate surface area is 137 Å². The lowest BCUT2D eigenvalue weighted by Crippen LogP contribution is -2.42. The Morgan fingerprint density at radius 2 is 2.17 bits per heavy atom. The van der Waals surface area contributed by atoms with Crippen LogP contribution in [0.1, 0.15) is 30.9 Å². The predicted octanol–water partition coefficient (Wildman–Crippen LogP) is 1.28. The van der Waals surface area contributed by atoms with Crippen LogP contribution in [0.2, 0.25) is 0 Å². The normalized spacial score (nSPS) is 22.2. The summed E-state index contributed by atoms with van der Waals surface area (Å²) in [4.78, 5) is 29.7. The third-order valence-corrected chi connectivity index (χ3v) is 4.29. The number of carbonyl (C=O) groups is 2. The minimum Gasteiger partial charge on any atom is -0.469 e. The molecule has 126 valence electrons. The van der Waals surface area contributed by atoms with Gasteiger partial charge in [-0.1, -0.05) is 0 Å². The molecule has 1 aromatic heterocycles. The minimum absolute atomic E-state index is 0.0356. The molecular formula is C17H25N3O3. The fraction of sp³-hybridized carbons (Fsp3) is 0.588. The van der Waals surface area contributed by atoms with E-state index in [1.165, 1.54) is 19.6 Å². The number of methoxy groups -OCH3 is 1. The highest BCUT2D eigenvalue weighted by Gasteiger charge is 2.29. The fourth-order valence-corrected chi connectivity index (χ4v) is 3.10. The van der Waals surface area contributed by atoms with Crippen LogP contribution in [-0.2, 0) is 20.9 Å². The first kappa shape index (κ1) is 17.4. The maximum Gasteiger partial charge on any atom is 0.309 e. The Bertz CT molecular complexity index is 562. The van der Waals surface area contributed by atoms with Gasteiger partial charge in [0.15, 0.2) is 0 Å². The zero-order valence-corrected chi connectivity index (χ0v) is 14.0. The highest BCUT2D eigenvalue weighted by atomic mass is 16.5. The van der Waals surface area contributed by atoms with Gasteiger partial charge in [0.1, 0.15) is 0 Å². The molecule has 1 aliphatic rings. The maximum absolute atomic E-state index is 12.0. The monoisotopic (exact) mass is 319 g/mol. The molecule has 1 aromatic rings. The van der Waals surface area contributed by atoms with E-state index in [4.69, 9.17) is 4.74 Å². The standard InChI is InChI=1S/C17H25N3O3/c1-12-8-18-7-6-14(12)9-20-10-15(17(22)23-3)4-5-16(11-20)19-13(2)21/h6-8,15-16H,4-5,9-11H2,1-3H3,(H,19,21)/t15-,16+/m0/s1. The summed E-state index contributed by atoms with van der Waals surface area (Å²) in [6.45, 7) is 5.67. The van der Waals surface area contributed by atoms with Gasteiger partial charge < -0.3 is 10.1 Å². The molecule has 2 heterocycles. The summed E-state index contributed by atoms with van der Waals surface area (Å²) in [5.74, 6) is -0.364. The molecule has 23 heavy (non-hydrogen) atoms. The smallest absolute Gasteiger partial charge is 0.309 e. The van der Waals surface area contributed by atoms with E-state index < -0.39 is 0 Å². The van der Waals surface area contributed by atoms with Crippen molar-refractivity contribution in [3.8, 4) is 0 Å². The van der Waals surface area contributed by atoms with E-state index in [0.29, 0.717) is 6.54 Å². The van der Waals surface area contributed by atoms with Crippen molar-refractivity contribution in [1.82, 2.24) is 15.2 Å². The number of likely N-dealkylation sites (tertiary alicyclic amines) is 1. The van der Waals surface area contributed by atoms with Gasteiger partial charge >= 0.3 is 5.97 Å². The van der Waals surface area contributed by atoms with Crippen LogP contribution in [0.5, 0.6) is 0 Å². The molecule has 2 atom stereocenters. The maximum atomic E-state index is 12.0. The highest BCUT2D eigenvalue weighted by Crippen LogP contribution is 2.20. The molecule has 1 fully saturated rings. The van der Waals surface area contributed by atoms with E-state index in [1.54, 1.807) is 6.20 Å². The summed E-state index contributed by atoms with van der Waals surface area (Å²) in [6, 6.07) is 2.06. The highest BCUT2D eigenvalue weighted by molar-refractivity contribution is 5.73. The van der Waals surface area contributed by atoms with Crippen LogP contribution in [0.15, 0.2) is 18.5 Å². The van der Waals surface area contributed by atoms with Gasteiger partial charge in [0, 0.05) is 45.0 Å². The zero-order valence-electron chi connectivity index (χ0n) is 14.0. The van der Waals surface area contributed by atoms with Crippen molar-refractivity contribution in [2.75, 3.05) is 20.2 Å². The molecule has 0 radical (unpaired) electrons. The average Bonchev–Trinajstić information content (AvgIpc) is 2.70. The van der Waals surface area contributed by atoms with Gasteiger partial charge in [-0.05, 0) is 37.0 Å². The average molecular weight is 319 g/mol. The number of esters is 1. The Morgan fingerprint density at radius 3 is 2.83 bits per heavy atom. The van der Waals surface area contributed by atoms with Crippen LogP contribution in [0.3, 0.4) is 0 Å². The number of hydrogen-bond acceptors (Lipinski definition) is 5. The van der Waals surface area contributed by atoms with E-state index in [-0.39, 0.29) is 23.8 Å². The molecule has 0 spiro atoms. The second-order valence-corrected chi connectivity index (χ2v) is 6.19. The molecule has 2 rings (SSSR count). The summed E-state index contributed by atoms with van der Waals surface area (Å²) < 4.78 is 4.92. The van der Waals surface area contributed by atoms with Crippen LogP contribution in [-0.4, -0.2) is 48.0 Å². The van der Waals surface area contributed by atoms with Crippen molar-refractivity contribution >= 4 is 11.9 Å². The number of nitrogens with zero attached hydrogens (tertiary/aromatic N) is 2. The molecule has 1 N–H and O–H groups in total. The number of aryl methyl sites for hydroxylation is 1. The number of pyridine rings is 1. The zero-order chi connectivity index (χ0) is 16.8. The molecule has 1 saturated heterocycles. The molecule has 0 aromatic carbocycles. The SMILES string of the molecule is COC(=O)[C@H]1CC[C@@H](NC(C)=O)CN(Cc2ccncc2C)C1. The Kier molecular flexibility index (Phi) is 6.10. The van der Waals surface area contributed by atoms with Gasteiger partial charge in [0.25, 0.3) is 0 Å². The molecule has 0 saturated carbocycles. The van der Waals surface area contributed by atoms with Crippen LogP contribution in [0.25, 0.3) is 0 Å². The minimum atomic E-state index is -0.176. The van der Waals surface area contributed by atoms with Gasteiger partial charge in [0.05, 0.1) is 13.0 Å². The second-order valence-electron chi connectivity index (χ2n) is 6.19. The largest absolute Gasteiger partial charge is 0.469 e. The lowest BCUT2D eigenvalue weighted by atomic mass is 10.0. The quantitative estimate of drug-likeness (QED) is 0.847.